The van der Waals surface area contributed by atoms with E-state index in [4.69, 9.17) is 0 Å². The Balaban J connectivity index is 0.970. The minimum Gasteiger partial charge on any atom is -0.310 e. The maximum Gasteiger partial charge on any atom is 0.0508 e. The molecular formula is C57H55N. The van der Waals surface area contributed by atoms with Gasteiger partial charge in [0.05, 0.1) is 11.4 Å². The smallest absolute Gasteiger partial charge is 0.0508 e. The minimum absolute atomic E-state index is 0.0490. The Bertz CT molecular complexity index is 2760. The van der Waals surface area contributed by atoms with Crippen molar-refractivity contribution in [3.8, 4) is 33.4 Å². The van der Waals surface area contributed by atoms with Gasteiger partial charge in [0.25, 0.3) is 0 Å². The maximum absolute atomic E-state index is 2.65. The molecule has 2 spiro atoms. The Kier molecular flexibility index (Phi) is 6.36. The summed E-state index contributed by atoms with van der Waals surface area (Å²) in [5, 5.41) is 0. The molecule has 6 unspecified atom stereocenters. The highest BCUT2D eigenvalue weighted by Gasteiger charge is 2.84. The summed E-state index contributed by atoms with van der Waals surface area (Å²) in [6.07, 6.45) is 8.28. The number of fused-ring (bicyclic) bond motifs is 12. The first-order valence-electron chi connectivity index (χ1n) is 22.5. The third kappa shape index (κ3) is 3.87. The lowest BCUT2D eigenvalue weighted by Crippen LogP contribution is -2.73. The standard InChI is InChI=1S/C57H55N/c1-53(2)27-28-54(3,4)52-45(53)18-12-20-48(52)58(47-19-11-15-42-40-14-7-9-16-43(40)55(5,6)51(42)47)38-24-21-35(22-25-38)36-23-26-41-39-13-8-10-17-44(39)57(46(41)31-36)49-30-34-29-37-32-50(57)56(37,49)33-34/h7-26,31,34,37,49-50H,27-30,32-33H2,1-6H3. The maximum atomic E-state index is 2.65. The van der Waals surface area contributed by atoms with Crippen LogP contribution in [0.3, 0.4) is 0 Å². The molecule has 6 aromatic carbocycles. The highest BCUT2D eigenvalue weighted by Crippen LogP contribution is 2.89. The van der Waals surface area contributed by atoms with Crippen molar-refractivity contribution in [1.82, 2.24) is 0 Å². The average molecular weight is 754 g/mol. The molecule has 0 aromatic heterocycles. The Labute approximate surface area is 345 Å². The van der Waals surface area contributed by atoms with Crippen molar-refractivity contribution in [2.45, 2.75) is 102 Å². The summed E-state index contributed by atoms with van der Waals surface area (Å²) in [5.41, 5.74) is 22.3. The molecule has 13 rings (SSSR count). The second kappa shape index (κ2) is 10.8. The molecule has 58 heavy (non-hydrogen) atoms. The molecule has 6 atom stereocenters. The van der Waals surface area contributed by atoms with Crippen molar-refractivity contribution < 1.29 is 0 Å². The molecule has 2 bridgehead atoms. The van der Waals surface area contributed by atoms with Gasteiger partial charge in [0.2, 0.25) is 0 Å². The lowest BCUT2D eigenvalue weighted by atomic mass is 9.27. The first-order chi connectivity index (χ1) is 28.0. The van der Waals surface area contributed by atoms with E-state index >= 15 is 0 Å². The second-order valence-electron chi connectivity index (χ2n) is 21.6. The zero-order chi connectivity index (χ0) is 39.1. The van der Waals surface area contributed by atoms with E-state index in [0.29, 0.717) is 5.41 Å². The van der Waals surface area contributed by atoms with Gasteiger partial charge in [0.1, 0.15) is 0 Å². The molecule has 4 saturated carbocycles. The van der Waals surface area contributed by atoms with Crippen LogP contribution in [0, 0.1) is 29.1 Å². The molecule has 4 fully saturated rings. The SMILES string of the molecule is CC1(C)CCC(C)(C)c2c(N(c3ccc(-c4ccc5c(c4)C4(c6ccccc6-5)C5CC6CC7CC4C75C6)cc3)c3cccc4c3C(C)(C)c3ccccc3-4)cccc21. The second-order valence-corrected chi connectivity index (χ2v) is 21.6. The average Bonchev–Trinajstić information content (AvgIpc) is 3.92. The van der Waals surface area contributed by atoms with Crippen LogP contribution in [0.25, 0.3) is 33.4 Å². The topological polar surface area (TPSA) is 3.24 Å². The van der Waals surface area contributed by atoms with Crippen LogP contribution in [0.5, 0.6) is 0 Å². The predicted molar refractivity (Wildman–Crippen MR) is 240 cm³/mol. The summed E-state index contributed by atoms with van der Waals surface area (Å²) < 4.78 is 0. The van der Waals surface area contributed by atoms with Crippen LogP contribution >= 0.6 is 0 Å². The first kappa shape index (κ1) is 34.0. The molecule has 1 heteroatoms. The van der Waals surface area contributed by atoms with Crippen molar-refractivity contribution in [3.05, 3.63) is 161 Å². The van der Waals surface area contributed by atoms with Crippen molar-refractivity contribution in [2.24, 2.45) is 29.1 Å². The first-order valence-corrected chi connectivity index (χ1v) is 22.5. The van der Waals surface area contributed by atoms with E-state index in [2.05, 4.69) is 174 Å². The van der Waals surface area contributed by atoms with Crippen LogP contribution < -0.4 is 4.90 Å². The summed E-state index contributed by atoms with van der Waals surface area (Å²) in [5.74, 6) is 3.61. The predicted octanol–water partition coefficient (Wildman–Crippen LogP) is 14.8. The van der Waals surface area contributed by atoms with Crippen molar-refractivity contribution in [3.63, 3.8) is 0 Å². The molecule has 288 valence electrons. The largest absolute Gasteiger partial charge is 0.310 e. The van der Waals surface area contributed by atoms with E-state index in [1.54, 1.807) is 11.1 Å². The molecule has 0 N–H and O–H groups in total. The number of rotatable bonds is 4. The van der Waals surface area contributed by atoms with Gasteiger partial charge < -0.3 is 4.90 Å². The third-order valence-corrected chi connectivity index (χ3v) is 18.0. The fourth-order valence-corrected chi connectivity index (χ4v) is 15.6. The van der Waals surface area contributed by atoms with E-state index in [9.17, 15) is 0 Å². The number of nitrogens with zero attached hydrogens (tertiary/aromatic N) is 1. The number of benzene rings is 6. The van der Waals surface area contributed by atoms with Gasteiger partial charge in [-0.05, 0) is 176 Å². The monoisotopic (exact) mass is 753 g/mol. The molecule has 7 aliphatic carbocycles. The molecule has 0 saturated heterocycles. The molecule has 0 amide bonds. The number of hydrogen-bond donors (Lipinski definition) is 0. The van der Waals surface area contributed by atoms with Crippen LogP contribution in [0.1, 0.15) is 113 Å². The Morgan fingerprint density at radius 3 is 1.86 bits per heavy atom. The highest BCUT2D eigenvalue weighted by molar-refractivity contribution is 5.92. The lowest BCUT2D eigenvalue weighted by molar-refractivity contribution is -0.231. The summed E-state index contributed by atoms with van der Waals surface area (Å²) in [7, 11) is 0. The Morgan fingerprint density at radius 2 is 1.09 bits per heavy atom. The molecule has 1 nitrogen and oxygen atoms in total. The zero-order valence-electron chi connectivity index (χ0n) is 35.1. The molecule has 7 aliphatic rings. The summed E-state index contributed by atoms with van der Waals surface area (Å²) in [6, 6.07) is 50.0. The molecule has 0 radical (unpaired) electrons. The van der Waals surface area contributed by atoms with Crippen LogP contribution in [0.15, 0.2) is 127 Å². The third-order valence-electron chi connectivity index (χ3n) is 18.0. The van der Waals surface area contributed by atoms with Crippen LogP contribution in [-0.4, -0.2) is 0 Å². The lowest BCUT2D eigenvalue weighted by Gasteiger charge is -2.76. The van der Waals surface area contributed by atoms with Gasteiger partial charge in [0, 0.05) is 16.5 Å². The number of hydrogen-bond acceptors (Lipinski definition) is 1. The summed E-state index contributed by atoms with van der Waals surface area (Å²) in [6.45, 7) is 14.7. The zero-order valence-corrected chi connectivity index (χ0v) is 35.1. The molecule has 0 aliphatic heterocycles. The molecular weight excluding hydrogens is 699 g/mol. The van der Waals surface area contributed by atoms with Gasteiger partial charge >= 0.3 is 0 Å². The van der Waals surface area contributed by atoms with Crippen molar-refractivity contribution in [2.75, 3.05) is 4.90 Å². The van der Waals surface area contributed by atoms with E-state index < -0.39 is 0 Å². The van der Waals surface area contributed by atoms with Crippen LogP contribution in [0.2, 0.25) is 0 Å². The van der Waals surface area contributed by atoms with Gasteiger partial charge in [0.15, 0.2) is 0 Å². The van der Waals surface area contributed by atoms with Gasteiger partial charge in [-0.1, -0.05) is 139 Å². The van der Waals surface area contributed by atoms with Crippen molar-refractivity contribution >= 4 is 17.1 Å². The number of anilines is 3. The fraction of sp³-hybridized carbons (Fsp3) is 0.368. The summed E-state index contributed by atoms with van der Waals surface area (Å²) in [4.78, 5) is 2.64. The Morgan fingerprint density at radius 1 is 0.483 bits per heavy atom. The van der Waals surface area contributed by atoms with E-state index in [0.717, 1.165) is 23.7 Å². The van der Waals surface area contributed by atoms with E-state index in [1.807, 2.05) is 0 Å². The fourth-order valence-electron chi connectivity index (χ4n) is 15.6. The van der Waals surface area contributed by atoms with E-state index in [1.165, 1.54) is 111 Å². The van der Waals surface area contributed by atoms with E-state index in [-0.39, 0.29) is 21.7 Å². The highest BCUT2D eigenvalue weighted by atomic mass is 15.2. The summed E-state index contributed by atoms with van der Waals surface area (Å²) >= 11 is 0. The van der Waals surface area contributed by atoms with Crippen LogP contribution in [0.4, 0.5) is 17.1 Å². The van der Waals surface area contributed by atoms with Gasteiger partial charge in [-0.25, -0.2) is 0 Å². The minimum atomic E-state index is -0.137. The van der Waals surface area contributed by atoms with Crippen molar-refractivity contribution in [1.29, 1.82) is 0 Å². The van der Waals surface area contributed by atoms with Crippen LogP contribution in [-0.2, 0) is 21.7 Å². The van der Waals surface area contributed by atoms with Gasteiger partial charge in [-0.2, -0.15) is 0 Å². The Hall–Kier alpha value is -4.88. The van der Waals surface area contributed by atoms with Gasteiger partial charge in [-0.15, -0.1) is 0 Å². The normalized spacial score (nSPS) is 29.7. The quantitative estimate of drug-likeness (QED) is 0.173. The van der Waals surface area contributed by atoms with Gasteiger partial charge in [-0.3, -0.25) is 0 Å². The molecule has 0 heterocycles. The molecule has 6 aromatic rings.